The van der Waals surface area contributed by atoms with Gasteiger partial charge in [0.2, 0.25) is 11.8 Å². The van der Waals surface area contributed by atoms with Crippen molar-refractivity contribution in [2.75, 3.05) is 19.7 Å². The fourth-order valence-corrected chi connectivity index (χ4v) is 2.81. The van der Waals surface area contributed by atoms with Gasteiger partial charge in [0.25, 0.3) is 0 Å². The number of ether oxygens (including phenoxy) is 1. The molecule has 6 nitrogen and oxygen atoms in total. The second-order valence-corrected chi connectivity index (χ2v) is 6.09. The summed E-state index contributed by atoms with van der Waals surface area (Å²) in [5, 5.41) is 2.78. The summed E-state index contributed by atoms with van der Waals surface area (Å²) in [6, 6.07) is 11.2. The molecule has 2 heterocycles. The van der Waals surface area contributed by atoms with Gasteiger partial charge in [0.05, 0.1) is 24.7 Å². The predicted octanol–water partition coefficient (Wildman–Crippen LogP) is 1.76. The molecule has 136 valence electrons. The van der Waals surface area contributed by atoms with Crippen molar-refractivity contribution in [3.8, 4) is 5.75 Å². The number of amides is 2. The maximum absolute atomic E-state index is 12.8. The van der Waals surface area contributed by atoms with Crippen LogP contribution in [0.2, 0.25) is 0 Å². The average Bonchev–Trinajstić information content (AvgIpc) is 3.01. The number of carbonyl (C=O) groups is 2. The third-order valence-electron chi connectivity index (χ3n) is 4.15. The van der Waals surface area contributed by atoms with Gasteiger partial charge in [0.1, 0.15) is 18.2 Å². The van der Waals surface area contributed by atoms with E-state index in [1.807, 2.05) is 18.2 Å². The second kappa shape index (κ2) is 8.42. The van der Waals surface area contributed by atoms with Gasteiger partial charge in [-0.1, -0.05) is 6.07 Å². The standard InChI is InChI=1S/C19H20FN3O3/c20-15-4-6-17(7-5-15)26-10-9-22-19(25)14-11-18(24)23(12-14)13-16-3-1-2-8-21-16/h1-8,14H,9-13H2,(H,22,25)/t14-/m0/s1. The normalized spacial score (nSPS) is 16.6. The highest BCUT2D eigenvalue weighted by Crippen LogP contribution is 2.19. The lowest BCUT2D eigenvalue weighted by molar-refractivity contribution is -0.129. The number of nitrogens with zero attached hydrogens (tertiary/aromatic N) is 2. The first-order valence-corrected chi connectivity index (χ1v) is 8.45. The smallest absolute Gasteiger partial charge is 0.225 e. The summed E-state index contributed by atoms with van der Waals surface area (Å²) < 4.78 is 18.2. The Morgan fingerprint density at radius 1 is 1.27 bits per heavy atom. The number of hydrogen-bond donors (Lipinski definition) is 1. The number of hydrogen-bond acceptors (Lipinski definition) is 4. The molecule has 1 N–H and O–H groups in total. The van der Waals surface area contributed by atoms with E-state index in [9.17, 15) is 14.0 Å². The molecule has 2 amide bonds. The minimum absolute atomic E-state index is 0.0432. The zero-order chi connectivity index (χ0) is 18.4. The number of halogens is 1. The van der Waals surface area contributed by atoms with E-state index in [0.29, 0.717) is 25.4 Å². The highest BCUT2D eigenvalue weighted by molar-refractivity contribution is 5.89. The molecular weight excluding hydrogens is 337 g/mol. The van der Waals surface area contributed by atoms with Crippen LogP contribution in [0.3, 0.4) is 0 Å². The van der Waals surface area contributed by atoms with Crippen molar-refractivity contribution in [3.63, 3.8) is 0 Å². The molecule has 0 radical (unpaired) electrons. The number of benzene rings is 1. The Kier molecular flexibility index (Phi) is 5.78. The van der Waals surface area contributed by atoms with Crippen LogP contribution in [0.5, 0.6) is 5.75 Å². The Morgan fingerprint density at radius 3 is 2.81 bits per heavy atom. The SMILES string of the molecule is O=C(NCCOc1ccc(F)cc1)[C@H]1CC(=O)N(Cc2ccccn2)C1. The van der Waals surface area contributed by atoms with Crippen LogP contribution in [0.15, 0.2) is 48.7 Å². The molecule has 2 aromatic rings. The van der Waals surface area contributed by atoms with Crippen molar-refractivity contribution in [1.82, 2.24) is 15.2 Å². The van der Waals surface area contributed by atoms with Crippen LogP contribution in [0.25, 0.3) is 0 Å². The van der Waals surface area contributed by atoms with E-state index in [1.54, 1.807) is 11.1 Å². The van der Waals surface area contributed by atoms with Gasteiger partial charge in [-0.3, -0.25) is 14.6 Å². The molecule has 1 aliphatic heterocycles. The summed E-state index contributed by atoms with van der Waals surface area (Å²) in [4.78, 5) is 30.2. The summed E-state index contributed by atoms with van der Waals surface area (Å²) >= 11 is 0. The van der Waals surface area contributed by atoms with Gasteiger partial charge in [-0.15, -0.1) is 0 Å². The quantitative estimate of drug-likeness (QED) is 0.767. The Balaban J connectivity index is 1.41. The fraction of sp³-hybridized carbons (Fsp3) is 0.316. The Labute approximate surface area is 151 Å². The third kappa shape index (κ3) is 4.78. The maximum atomic E-state index is 12.8. The number of carbonyl (C=O) groups excluding carboxylic acids is 2. The number of likely N-dealkylation sites (tertiary alicyclic amines) is 1. The Bertz CT molecular complexity index is 752. The summed E-state index contributed by atoms with van der Waals surface area (Å²) in [7, 11) is 0. The number of aromatic nitrogens is 1. The zero-order valence-electron chi connectivity index (χ0n) is 14.2. The summed E-state index contributed by atoms with van der Waals surface area (Å²) in [5.74, 6) is -0.356. The van der Waals surface area contributed by atoms with Gasteiger partial charge in [0, 0.05) is 19.2 Å². The molecular formula is C19H20FN3O3. The second-order valence-electron chi connectivity index (χ2n) is 6.09. The van der Waals surface area contributed by atoms with Crippen LogP contribution < -0.4 is 10.1 Å². The molecule has 3 rings (SSSR count). The molecule has 1 fully saturated rings. The lowest BCUT2D eigenvalue weighted by atomic mass is 10.1. The molecule has 1 saturated heterocycles. The monoisotopic (exact) mass is 357 g/mol. The highest BCUT2D eigenvalue weighted by Gasteiger charge is 2.34. The number of nitrogens with one attached hydrogen (secondary N) is 1. The highest BCUT2D eigenvalue weighted by atomic mass is 19.1. The molecule has 0 unspecified atom stereocenters. The first-order chi connectivity index (χ1) is 12.6. The molecule has 0 spiro atoms. The molecule has 1 aromatic heterocycles. The fourth-order valence-electron chi connectivity index (χ4n) is 2.81. The van der Waals surface area contributed by atoms with E-state index in [1.165, 1.54) is 24.3 Å². The Hall–Kier alpha value is -2.96. The van der Waals surface area contributed by atoms with Gasteiger partial charge < -0.3 is 15.0 Å². The van der Waals surface area contributed by atoms with E-state index < -0.39 is 0 Å². The molecule has 1 aromatic carbocycles. The van der Waals surface area contributed by atoms with E-state index in [-0.39, 0.29) is 36.6 Å². The minimum atomic E-state index is -0.364. The maximum Gasteiger partial charge on any atom is 0.225 e. The van der Waals surface area contributed by atoms with Crippen LogP contribution in [-0.4, -0.2) is 41.4 Å². The summed E-state index contributed by atoms with van der Waals surface area (Å²) in [6.45, 7) is 1.40. The van der Waals surface area contributed by atoms with E-state index >= 15 is 0 Å². The average molecular weight is 357 g/mol. The molecule has 0 aliphatic carbocycles. The lowest BCUT2D eigenvalue weighted by Gasteiger charge is -2.16. The van der Waals surface area contributed by atoms with Gasteiger partial charge in [-0.25, -0.2) is 4.39 Å². The van der Waals surface area contributed by atoms with Crippen LogP contribution in [-0.2, 0) is 16.1 Å². The molecule has 7 heteroatoms. The van der Waals surface area contributed by atoms with E-state index in [4.69, 9.17) is 4.74 Å². The number of rotatable bonds is 7. The molecule has 0 saturated carbocycles. The van der Waals surface area contributed by atoms with Crippen molar-refractivity contribution < 1.29 is 18.7 Å². The van der Waals surface area contributed by atoms with E-state index in [0.717, 1.165) is 5.69 Å². The predicted molar refractivity (Wildman–Crippen MR) is 92.7 cm³/mol. The van der Waals surface area contributed by atoms with Crippen molar-refractivity contribution in [2.45, 2.75) is 13.0 Å². The first kappa shape index (κ1) is 17.8. The van der Waals surface area contributed by atoms with Crippen molar-refractivity contribution in [3.05, 3.63) is 60.2 Å². The van der Waals surface area contributed by atoms with Crippen LogP contribution in [0.1, 0.15) is 12.1 Å². The van der Waals surface area contributed by atoms with Crippen molar-refractivity contribution in [2.24, 2.45) is 5.92 Å². The van der Waals surface area contributed by atoms with Crippen LogP contribution >= 0.6 is 0 Å². The zero-order valence-corrected chi connectivity index (χ0v) is 14.2. The number of pyridine rings is 1. The summed E-state index contributed by atoms with van der Waals surface area (Å²) in [5.41, 5.74) is 0.801. The molecule has 1 aliphatic rings. The van der Waals surface area contributed by atoms with Gasteiger partial charge in [-0.2, -0.15) is 0 Å². The lowest BCUT2D eigenvalue weighted by Crippen LogP contribution is -2.35. The Morgan fingerprint density at radius 2 is 2.08 bits per heavy atom. The van der Waals surface area contributed by atoms with Crippen LogP contribution in [0, 0.1) is 11.7 Å². The topological polar surface area (TPSA) is 71.5 Å². The van der Waals surface area contributed by atoms with Gasteiger partial charge >= 0.3 is 0 Å². The molecule has 1 atom stereocenters. The third-order valence-corrected chi connectivity index (χ3v) is 4.15. The summed E-state index contributed by atoms with van der Waals surface area (Å²) in [6.07, 6.45) is 1.89. The van der Waals surface area contributed by atoms with Gasteiger partial charge in [-0.05, 0) is 36.4 Å². The van der Waals surface area contributed by atoms with Crippen LogP contribution in [0.4, 0.5) is 4.39 Å². The van der Waals surface area contributed by atoms with Gasteiger partial charge in [0.15, 0.2) is 0 Å². The largest absolute Gasteiger partial charge is 0.492 e. The molecule has 26 heavy (non-hydrogen) atoms. The van der Waals surface area contributed by atoms with E-state index in [2.05, 4.69) is 10.3 Å². The molecule has 0 bridgehead atoms. The minimum Gasteiger partial charge on any atom is -0.492 e. The first-order valence-electron chi connectivity index (χ1n) is 8.45. The van der Waals surface area contributed by atoms with Crippen molar-refractivity contribution >= 4 is 11.8 Å². The van der Waals surface area contributed by atoms with Crippen molar-refractivity contribution in [1.29, 1.82) is 0 Å².